The summed E-state index contributed by atoms with van der Waals surface area (Å²) in [5, 5.41) is 5.46. The fourth-order valence-electron chi connectivity index (χ4n) is 4.35. The Morgan fingerprint density at radius 2 is 1.79 bits per heavy atom. The summed E-state index contributed by atoms with van der Waals surface area (Å²) in [4.78, 5) is 23.5. The minimum absolute atomic E-state index is 0.0985. The van der Waals surface area contributed by atoms with Crippen molar-refractivity contribution in [2.75, 3.05) is 36.2 Å². The summed E-state index contributed by atoms with van der Waals surface area (Å²) >= 11 is 0. The zero-order valence-electron chi connectivity index (χ0n) is 19.5. The molecule has 178 valence electrons. The van der Waals surface area contributed by atoms with Crippen LogP contribution in [-0.4, -0.2) is 62.5 Å². The number of benzene rings is 1. The van der Waals surface area contributed by atoms with E-state index in [1.807, 2.05) is 25.1 Å². The molecule has 2 heterocycles. The van der Waals surface area contributed by atoms with Gasteiger partial charge in [-0.1, -0.05) is 0 Å². The number of nitrogens with one attached hydrogen (secondary N) is 2. The molecule has 1 aromatic carbocycles. The van der Waals surface area contributed by atoms with E-state index in [4.69, 9.17) is 14.7 Å². The average Bonchev–Trinajstić information content (AvgIpc) is 3.56. The van der Waals surface area contributed by atoms with Crippen molar-refractivity contribution >= 4 is 27.4 Å². The Kier molecular flexibility index (Phi) is 6.32. The highest BCUT2D eigenvalue weighted by atomic mass is 32.2. The first-order valence-electron chi connectivity index (χ1n) is 11.2. The van der Waals surface area contributed by atoms with E-state index in [-0.39, 0.29) is 18.1 Å². The van der Waals surface area contributed by atoms with E-state index in [0.717, 1.165) is 5.56 Å². The maximum absolute atomic E-state index is 12.6. The van der Waals surface area contributed by atoms with E-state index < -0.39 is 14.6 Å². The van der Waals surface area contributed by atoms with Crippen molar-refractivity contribution in [3.63, 3.8) is 0 Å². The molecule has 2 atom stereocenters. The fourth-order valence-corrected chi connectivity index (χ4v) is 5.68. The molecule has 1 saturated carbocycles. The Morgan fingerprint density at radius 3 is 2.33 bits per heavy atom. The van der Waals surface area contributed by atoms with Gasteiger partial charge in [0, 0.05) is 30.1 Å². The van der Waals surface area contributed by atoms with E-state index in [9.17, 15) is 13.2 Å². The lowest BCUT2D eigenvalue weighted by molar-refractivity contribution is 0.0752. The Hall–Kier alpha value is -2.72. The van der Waals surface area contributed by atoms with Gasteiger partial charge < -0.3 is 20.3 Å². The summed E-state index contributed by atoms with van der Waals surface area (Å²) in [7, 11) is -3.33. The molecule has 0 spiro atoms. The lowest BCUT2D eigenvalue weighted by Crippen LogP contribution is -2.50. The lowest BCUT2D eigenvalue weighted by atomic mass is 10.1. The van der Waals surface area contributed by atoms with Crippen LogP contribution in [0.3, 0.4) is 0 Å². The minimum Gasteiger partial charge on any atom is -0.377 e. The highest BCUT2D eigenvalue weighted by molar-refractivity contribution is 7.91. The number of urea groups is 1. The normalized spacial score (nSPS) is 22.0. The number of aromatic nitrogens is 2. The first kappa shape index (κ1) is 23.4. The molecule has 2 unspecified atom stereocenters. The highest BCUT2D eigenvalue weighted by Gasteiger charge is 2.55. The van der Waals surface area contributed by atoms with Gasteiger partial charge in [-0.05, 0) is 57.9 Å². The summed E-state index contributed by atoms with van der Waals surface area (Å²) in [6.07, 6.45) is 2.40. The van der Waals surface area contributed by atoms with Gasteiger partial charge in [-0.15, -0.1) is 0 Å². The molecule has 2 fully saturated rings. The van der Waals surface area contributed by atoms with E-state index >= 15 is 0 Å². The molecular formula is C23H31N5O4S. The largest absolute Gasteiger partial charge is 0.377 e. The molecule has 1 aromatic heterocycles. The van der Waals surface area contributed by atoms with Gasteiger partial charge in [0.1, 0.15) is 10.6 Å². The predicted octanol–water partition coefficient (Wildman–Crippen LogP) is 2.93. The molecule has 4 rings (SSSR count). The topological polar surface area (TPSA) is 114 Å². The molecule has 2 amide bonds. The summed E-state index contributed by atoms with van der Waals surface area (Å²) in [5.74, 6) is 1.17. The molecule has 1 saturated heterocycles. The molecule has 33 heavy (non-hydrogen) atoms. The Balaban J connectivity index is 1.75. The van der Waals surface area contributed by atoms with Gasteiger partial charge in [-0.25, -0.2) is 23.2 Å². The molecule has 2 aromatic rings. The van der Waals surface area contributed by atoms with Gasteiger partial charge in [0.15, 0.2) is 15.7 Å². The van der Waals surface area contributed by atoms with Crippen molar-refractivity contribution in [2.24, 2.45) is 0 Å². The number of nitrogens with zero attached hydrogens (tertiary/aromatic N) is 3. The summed E-state index contributed by atoms with van der Waals surface area (Å²) in [5.41, 5.74) is 1.93. The van der Waals surface area contributed by atoms with Gasteiger partial charge in [-0.3, -0.25) is 0 Å². The number of sulfone groups is 1. The monoisotopic (exact) mass is 473 g/mol. The van der Waals surface area contributed by atoms with Crippen LogP contribution in [0.15, 0.2) is 30.3 Å². The van der Waals surface area contributed by atoms with Crippen LogP contribution < -0.4 is 15.5 Å². The van der Waals surface area contributed by atoms with Gasteiger partial charge >= 0.3 is 6.03 Å². The second-order valence-corrected chi connectivity index (χ2v) is 11.2. The van der Waals surface area contributed by atoms with Gasteiger partial charge in [0.25, 0.3) is 0 Å². The third-order valence-electron chi connectivity index (χ3n) is 6.26. The zero-order chi connectivity index (χ0) is 23.8. The number of amides is 2. The highest BCUT2D eigenvalue weighted by Crippen LogP contribution is 2.52. The van der Waals surface area contributed by atoms with Crippen LogP contribution in [0.2, 0.25) is 0 Å². The standard InChI is InChI=1S/C23H31N5O4S/c1-5-24-22(29)25-18-8-6-17(7-9-18)21-26-19(23(10-11-23)33(4,30)31)12-20(27-21)28-15(2)13-32-14-16(28)3/h6-9,12,15-16H,5,10-11,13-14H2,1-4H3,(H2,24,25,29). The lowest BCUT2D eigenvalue weighted by Gasteiger charge is -2.40. The molecule has 1 aliphatic heterocycles. The van der Waals surface area contributed by atoms with Crippen molar-refractivity contribution in [3.8, 4) is 11.4 Å². The SMILES string of the molecule is CCNC(=O)Nc1ccc(-c2nc(N3C(C)COCC3C)cc(C3(S(C)(=O)=O)CC3)n2)cc1. The first-order chi connectivity index (χ1) is 15.6. The first-order valence-corrected chi connectivity index (χ1v) is 13.1. The Bertz CT molecular complexity index is 1120. The van der Waals surface area contributed by atoms with Gasteiger partial charge in [0.2, 0.25) is 0 Å². The van der Waals surface area contributed by atoms with Crippen LogP contribution in [0.5, 0.6) is 0 Å². The second kappa shape index (κ2) is 8.90. The predicted molar refractivity (Wildman–Crippen MR) is 128 cm³/mol. The second-order valence-electron chi connectivity index (χ2n) is 8.91. The number of carbonyl (C=O) groups excluding carboxylic acids is 1. The zero-order valence-corrected chi connectivity index (χ0v) is 20.3. The fraction of sp³-hybridized carbons (Fsp3) is 0.522. The molecule has 2 aliphatic rings. The van der Waals surface area contributed by atoms with Crippen LogP contribution in [0.4, 0.5) is 16.3 Å². The summed E-state index contributed by atoms with van der Waals surface area (Å²) in [6.45, 7) is 7.69. The number of hydrogen-bond acceptors (Lipinski definition) is 7. The van der Waals surface area contributed by atoms with Crippen molar-refractivity contribution in [2.45, 2.75) is 50.4 Å². The van der Waals surface area contributed by atoms with Gasteiger partial charge in [0.05, 0.1) is 31.0 Å². The molecule has 10 heteroatoms. The number of anilines is 2. The van der Waals surface area contributed by atoms with Crippen molar-refractivity contribution < 1.29 is 17.9 Å². The summed E-state index contributed by atoms with van der Waals surface area (Å²) < 4.78 is 30.0. The molecule has 0 bridgehead atoms. The van der Waals surface area contributed by atoms with E-state index in [2.05, 4.69) is 29.4 Å². The third-order valence-corrected chi connectivity index (χ3v) is 8.30. The molecule has 0 radical (unpaired) electrons. The molecule has 2 N–H and O–H groups in total. The number of rotatable bonds is 6. The maximum atomic E-state index is 12.6. The Labute approximate surface area is 194 Å². The van der Waals surface area contributed by atoms with Crippen molar-refractivity contribution in [1.82, 2.24) is 15.3 Å². The van der Waals surface area contributed by atoms with Gasteiger partial charge in [-0.2, -0.15) is 0 Å². The third kappa shape index (κ3) is 4.67. The van der Waals surface area contributed by atoms with Crippen LogP contribution in [0.1, 0.15) is 39.3 Å². The van der Waals surface area contributed by atoms with Crippen LogP contribution in [-0.2, 0) is 19.3 Å². The number of carbonyl (C=O) groups is 1. The molecule has 1 aliphatic carbocycles. The van der Waals surface area contributed by atoms with E-state index in [1.54, 1.807) is 12.1 Å². The quantitative estimate of drug-likeness (QED) is 0.663. The maximum Gasteiger partial charge on any atom is 0.319 e. The van der Waals surface area contributed by atoms with Crippen LogP contribution in [0.25, 0.3) is 11.4 Å². The van der Waals surface area contributed by atoms with Crippen molar-refractivity contribution in [3.05, 3.63) is 36.0 Å². The number of morpholine rings is 1. The van der Waals surface area contributed by atoms with E-state index in [1.165, 1.54) is 6.26 Å². The molecule has 9 nitrogen and oxygen atoms in total. The van der Waals surface area contributed by atoms with E-state index in [0.29, 0.717) is 55.6 Å². The number of hydrogen-bond donors (Lipinski definition) is 2. The smallest absolute Gasteiger partial charge is 0.319 e. The molecular weight excluding hydrogens is 442 g/mol. The minimum atomic E-state index is -3.33. The Morgan fingerprint density at radius 1 is 1.15 bits per heavy atom. The van der Waals surface area contributed by atoms with Crippen LogP contribution in [0, 0.1) is 0 Å². The summed E-state index contributed by atoms with van der Waals surface area (Å²) in [6, 6.07) is 8.98. The number of ether oxygens (including phenoxy) is 1. The van der Waals surface area contributed by atoms with Crippen LogP contribution >= 0.6 is 0 Å². The van der Waals surface area contributed by atoms with Crippen molar-refractivity contribution in [1.29, 1.82) is 0 Å². The average molecular weight is 474 g/mol.